The summed E-state index contributed by atoms with van der Waals surface area (Å²) in [6.07, 6.45) is 10.7. The Bertz CT molecular complexity index is 907. The van der Waals surface area contributed by atoms with Crippen molar-refractivity contribution in [3.63, 3.8) is 0 Å². The lowest BCUT2D eigenvalue weighted by Crippen LogP contribution is -1.87. The minimum Gasteiger partial charge on any atom is -0.457 e. The van der Waals surface area contributed by atoms with E-state index < -0.39 is 0 Å². The van der Waals surface area contributed by atoms with Crippen LogP contribution >= 0.6 is 23.5 Å². The van der Waals surface area contributed by atoms with E-state index in [0.717, 1.165) is 21.3 Å². The van der Waals surface area contributed by atoms with E-state index in [1.165, 1.54) is 23.5 Å². The van der Waals surface area contributed by atoms with Gasteiger partial charge in [0.05, 0.1) is 0 Å². The lowest BCUT2D eigenvalue weighted by atomic mass is 10.3. The van der Waals surface area contributed by atoms with Gasteiger partial charge in [-0.15, -0.1) is 12.8 Å². The SMILES string of the molecule is C#CSc1cccc(Oc2cccc(Oc3cccc(SC#C)c3)c2)c1. The van der Waals surface area contributed by atoms with Crippen LogP contribution in [0.25, 0.3) is 0 Å². The van der Waals surface area contributed by atoms with E-state index in [1.54, 1.807) is 0 Å². The van der Waals surface area contributed by atoms with Crippen LogP contribution in [0.15, 0.2) is 82.6 Å². The molecule has 3 aromatic rings. The molecule has 0 unspecified atom stereocenters. The summed E-state index contributed by atoms with van der Waals surface area (Å²) >= 11 is 2.63. The van der Waals surface area contributed by atoms with Crippen LogP contribution in [0, 0.1) is 23.4 Å². The van der Waals surface area contributed by atoms with Gasteiger partial charge < -0.3 is 9.47 Å². The summed E-state index contributed by atoms with van der Waals surface area (Å²) in [7, 11) is 0. The van der Waals surface area contributed by atoms with Gasteiger partial charge in [-0.05, 0) is 82.6 Å². The predicted octanol–water partition coefficient (Wildman–Crippen LogP) is 6.64. The van der Waals surface area contributed by atoms with Gasteiger partial charge in [0.2, 0.25) is 0 Å². The first-order valence-electron chi connectivity index (χ1n) is 7.67. The van der Waals surface area contributed by atoms with Gasteiger partial charge in [0.1, 0.15) is 23.0 Å². The van der Waals surface area contributed by atoms with Crippen LogP contribution in [-0.2, 0) is 0 Å². The van der Waals surface area contributed by atoms with Crippen molar-refractivity contribution < 1.29 is 9.47 Å². The molecular formula is C22H14O2S2. The third-order valence-corrected chi connectivity index (χ3v) is 4.46. The van der Waals surface area contributed by atoms with Crippen molar-refractivity contribution in [3.05, 3.63) is 72.8 Å². The van der Waals surface area contributed by atoms with Gasteiger partial charge in [-0.25, -0.2) is 0 Å². The third-order valence-electron chi connectivity index (χ3n) is 3.24. The minimum absolute atomic E-state index is 0.680. The van der Waals surface area contributed by atoms with E-state index in [2.05, 4.69) is 10.5 Å². The molecule has 0 N–H and O–H groups in total. The number of terminal acetylenes is 2. The highest BCUT2D eigenvalue weighted by Gasteiger charge is 2.04. The zero-order valence-electron chi connectivity index (χ0n) is 13.7. The van der Waals surface area contributed by atoms with Gasteiger partial charge >= 0.3 is 0 Å². The molecule has 0 fully saturated rings. The average Bonchev–Trinajstić information content (AvgIpc) is 2.63. The van der Waals surface area contributed by atoms with E-state index in [4.69, 9.17) is 22.3 Å². The molecule has 3 rings (SSSR count). The van der Waals surface area contributed by atoms with Crippen molar-refractivity contribution in [2.75, 3.05) is 0 Å². The number of benzene rings is 3. The van der Waals surface area contributed by atoms with Crippen LogP contribution in [0.4, 0.5) is 0 Å². The molecule has 0 aliphatic carbocycles. The molecule has 0 saturated heterocycles. The van der Waals surface area contributed by atoms with Crippen molar-refractivity contribution in [2.24, 2.45) is 0 Å². The highest BCUT2D eigenvalue weighted by molar-refractivity contribution is 8.04. The Balaban J connectivity index is 1.74. The molecule has 126 valence electrons. The highest BCUT2D eigenvalue weighted by Crippen LogP contribution is 2.31. The first kappa shape index (κ1) is 17.9. The largest absolute Gasteiger partial charge is 0.457 e. The zero-order valence-corrected chi connectivity index (χ0v) is 15.3. The van der Waals surface area contributed by atoms with Crippen LogP contribution in [-0.4, -0.2) is 0 Å². The van der Waals surface area contributed by atoms with Crippen LogP contribution in [0.3, 0.4) is 0 Å². The molecule has 0 aromatic heterocycles. The quantitative estimate of drug-likeness (QED) is 0.355. The van der Waals surface area contributed by atoms with Crippen molar-refractivity contribution in [3.8, 4) is 46.3 Å². The highest BCUT2D eigenvalue weighted by atomic mass is 32.2. The van der Waals surface area contributed by atoms with Crippen molar-refractivity contribution in [1.29, 1.82) is 0 Å². The van der Waals surface area contributed by atoms with E-state index in [0.29, 0.717) is 11.5 Å². The third kappa shape index (κ3) is 5.04. The Morgan fingerprint density at radius 3 is 1.38 bits per heavy atom. The molecule has 3 aromatic carbocycles. The normalized spacial score (nSPS) is 9.77. The molecule has 0 saturated carbocycles. The second-order valence-corrected chi connectivity index (χ2v) is 6.89. The average molecular weight is 374 g/mol. The predicted molar refractivity (Wildman–Crippen MR) is 109 cm³/mol. The molecule has 0 radical (unpaired) electrons. The maximum atomic E-state index is 5.91. The summed E-state index contributed by atoms with van der Waals surface area (Å²) in [5.74, 6) is 2.80. The molecule has 0 amide bonds. The standard InChI is InChI=1S/C22H14O2S2/c1-3-25-21-12-6-10-19(15-21)23-17-8-5-9-18(14-17)24-20-11-7-13-22(16-20)26-4-2/h1-2,5-16H. The number of thioether (sulfide) groups is 2. The first-order valence-corrected chi connectivity index (χ1v) is 9.31. The van der Waals surface area contributed by atoms with Gasteiger partial charge in [-0.2, -0.15) is 0 Å². The molecule has 0 atom stereocenters. The van der Waals surface area contributed by atoms with E-state index in [-0.39, 0.29) is 0 Å². The summed E-state index contributed by atoms with van der Waals surface area (Å²) in [4.78, 5) is 1.92. The van der Waals surface area contributed by atoms with E-state index >= 15 is 0 Å². The Morgan fingerprint density at radius 2 is 0.962 bits per heavy atom. The molecule has 0 heterocycles. The molecule has 0 aliphatic rings. The van der Waals surface area contributed by atoms with Gasteiger partial charge in [0.15, 0.2) is 0 Å². The summed E-state index contributed by atoms with van der Waals surface area (Å²) in [6.45, 7) is 0. The maximum Gasteiger partial charge on any atom is 0.131 e. The first-order chi connectivity index (χ1) is 12.8. The van der Waals surface area contributed by atoms with Crippen molar-refractivity contribution >= 4 is 23.5 Å². The van der Waals surface area contributed by atoms with Crippen LogP contribution in [0.5, 0.6) is 23.0 Å². The molecular weight excluding hydrogens is 360 g/mol. The monoisotopic (exact) mass is 374 g/mol. The van der Waals surface area contributed by atoms with E-state index in [1.807, 2.05) is 72.8 Å². The molecule has 0 aliphatic heterocycles. The number of rotatable bonds is 6. The molecule has 0 bridgehead atoms. The number of hydrogen-bond donors (Lipinski definition) is 0. The summed E-state index contributed by atoms with van der Waals surface area (Å²) in [5.41, 5.74) is 0. The fourth-order valence-electron chi connectivity index (χ4n) is 2.21. The maximum absolute atomic E-state index is 5.91. The molecule has 4 heteroatoms. The molecule has 26 heavy (non-hydrogen) atoms. The van der Waals surface area contributed by atoms with Crippen molar-refractivity contribution in [2.45, 2.75) is 9.79 Å². The topological polar surface area (TPSA) is 18.5 Å². The summed E-state index contributed by atoms with van der Waals surface area (Å²) in [6, 6.07) is 22.7. The van der Waals surface area contributed by atoms with Crippen molar-refractivity contribution in [1.82, 2.24) is 0 Å². The molecule has 0 spiro atoms. The Morgan fingerprint density at radius 1 is 0.577 bits per heavy atom. The minimum atomic E-state index is 0.680. The second-order valence-electron chi connectivity index (χ2n) is 5.07. The molecule has 2 nitrogen and oxygen atoms in total. The smallest absolute Gasteiger partial charge is 0.131 e. The Hall–Kier alpha value is -2.92. The van der Waals surface area contributed by atoms with Gasteiger partial charge in [0, 0.05) is 15.9 Å². The second kappa shape index (κ2) is 8.97. The fourth-order valence-corrected chi connectivity index (χ4v) is 3.13. The summed E-state index contributed by atoms with van der Waals surface area (Å²) in [5, 5.41) is 5.10. The number of hydrogen-bond acceptors (Lipinski definition) is 4. The van der Waals surface area contributed by atoms with E-state index in [9.17, 15) is 0 Å². The Kier molecular flexibility index (Phi) is 6.17. The van der Waals surface area contributed by atoms with Gasteiger partial charge in [-0.1, -0.05) is 18.2 Å². The van der Waals surface area contributed by atoms with Crippen LogP contribution in [0.2, 0.25) is 0 Å². The zero-order chi connectivity index (χ0) is 18.2. The summed E-state index contributed by atoms with van der Waals surface area (Å²) < 4.78 is 11.8. The van der Waals surface area contributed by atoms with Crippen LogP contribution in [0.1, 0.15) is 0 Å². The lowest BCUT2D eigenvalue weighted by Gasteiger charge is -2.10. The number of ether oxygens (including phenoxy) is 2. The fraction of sp³-hybridized carbons (Fsp3) is 0. The lowest BCUT2D eigenvalue weighted by molar-refractivity contribution is 0.459. The van der Waals surface area contributed by atoms with Crippen LogP contribution < -0.4 is 9.47 Å². The van der Waals surface area contributed by atoms with Gasteiger partial charge in [0.25, 0.3) is 0 Å². The van der Waals surface area contributed by atoms with Gasteiger partial charge in [-0.3, -0.25) is 0 Å². The Labute approximate surface area is 161 Å².